The Hall–Kier alpha value is -1.09. The highest BCUT2D eigenvalue weighted by molar-refractivity contribution is 5.80. The Morgan fingerprint density at radius 3 is 1.30 bits per heavy atom. The standard InChI is InChI=1S/C53H103NO15/c1-4-5-6-7-8-9-10-11-12-13-14-15-16-17-18-21-25-28-31-34-41(57)51(65)54-39(44(58)40(56)33-30-27-24-22-19-20-23-26-29-32-38(2)3)36-66-52-50(64)48(62)46(60)43(69-52)37-67-53-49(63)47(61)45(59)42(35-55)68-53/h38-50,52-53,55-64H,4-37H2,1-3H3,(H,54,65)/t39-,40+,41+,42+,43+,44-,45-,46+,47-,48-,49+,50+,52+,53-/m0/s1. The zero-order valence-electron chi connectivity index (χ0n) is 43.2. The lowest BCUT2D eigenvalue weighted by Crippen LogP contribution is -2.62. The molecule has 0 spiro atoms. The van der Waals surface area contributed by atoms with E-state index in [1.807, 2.05) is 0 Å². The second-order valence-corrected chi connectivity index (χ2v) is 20.9. The van der Waals surface area contributed by atoms with Crippen LogP contribution in [0.5, 0.6) is 0 Å². The van der Waals surface area contributed by atoms with Crippen LogP contribution in [0.1, 0.15) is 220 Å². The fraction of sp³-hybridized carbons (Fsp3) is 0.981. The normalized spacial score (nSPS) is 27.1. The minimum Gasteiger partial charge on any atom is -0.394 e. The van der Waals surface area contributed by atoms with Gasteiger partial charge in [-0.3, -0.25) is 4.79 Å². The summed E-state index contributed by atoms with van der Waals surface area (Å²) >= 11 is 0. The Labute approximate surface area is 416 Å². The molecule has 14 atom stereocenters. The number of unbranched alkanes of at least 4 members (excludes halogenated alkanes) is 26. The van der Waals surface area contributed by atoms with Gasteiger partial charge in [-0.2, -0.15) is 0 Å². The van der Waals surface area contributed by atoms with Crippen LogP contribution in [-0.4, -0.2) is 163 Å². The van der Waals surface area contributed by atoms with Gasteiger partial charge in [0.2, 0.25) is 5.91 Å². The molecule has 1 amide bonds. The van der Waals surface area contributed by atoms with Crippen molar-refractivity contribution in [2.45, 2.75) is 306 Å². The van der Waals surface area contributed by atoms with Crippen LogP contribution in [0.3, 0.4) is 0 Å². The molecule has 2 rings (SSSR count). The summed E-state index contributed by atoms with van der Waals surface area (Å²) in [4.78, 5) is 13.3. The van der Waals surface area contributed by atoms with Crippen molar-refractivity contribution in [2.75, 3.05) is 19.8 Å². The molecule has 16 heteroatoms. The molecular formula is C53H103NO15. The van der Waals surface area contributed by atoms with E-state index in [1.54, 1.807) is 0 Å². The fourth-order valence-electron chi connectivity index (χ4n) is 9.42. The number of rotatable bonds is 43. The van der Waals surface area contributed by atoms with Crippen LogP contribution in [-0.2, 0) is 23.7 Å². The highest BCUT2D eigenvalue weighted by Gasteiger charge is 2.48. The molecule has 2 aliphatic heterocycles. The van der Waals surface area contributed by atoms with Crippen molar-refractivity contribution in [2.24, 2.45) is 5.92 Å². The lowest BCUT2D eigenvalue weighted by molar-refractivity contribution is -0.331. The number of nitrogens with one attached hydrogen (secondary N) is 1. The van der Waals surface area contributed by atoms with Gasteiger partial charge in [-0.1, -0.05) is 207 Å². The number of ether oxygens (including phenoxy) is 4. The first kappa shape index (κ1) is 64.0. The van der Waals surface area contributed by atoms with E-state index in [2.05, 4.69) is 26.1 Å². The first-order valence-electron chi connectivity index (χ1n) is 27.8. The molecule has 0 aromatic heterocycles. The predicted molar refractivity (Wildman–Crippen MR) is 266 cm³/mol. The van der Waals surface area contributed by atoms with Crippen molar-refractivity contribution in [3.05, 3.63) is 0 Å². The topological polar surface area (TPSA) is 268 Å². The van der Waals surface area contributed by atoms with Crippen LogP contribution >= 0.6 is 0 Å². The van der Waals surface area contributed by atoms with Crippen molar-refractivity contribution in [3.63, 3.8) is 0 Å². The van der Waals surface area contributed by atoms with Gasteiger partial charge >= 0.3 is 0 Å². The fourth-order valence-corrected chi connectivity index (χ4v) is 9.42. The molecule has 0 unspecified atom stereocenters. The molecular weight excluding hydrogens is 891 g/mol. The Kier molecular flexibility index (Phi) is 36.5. The summed E-state index contributed by atoms with van der Waals surface area (Å²) in [6.45, 7) is 4.96. The molecule has 0 aliphatic carbocycles. The van der Waals surface area contributed by atoms with E-state index in [0.29, 0.717) is 12.8 Å². The largest absolute Gasteiger partial charge is 0.394 e. The molecule has 410 valence electrons. The summed E-state index contributed by atoms with van der Waals surface area (Å²) in [5.41, 5.74) is 0. The Balaban J connectivity index is 1.84. The Bertz CT molecular complexity index is 1220. The average molecular weight is 994 g/mol. The van der Waals surface area contributed by atoms with Gasteiger partial charge in [-0.25, -0.2) is 0 Å². The number of hydrogen-bond acceptors (Lipinski definition) is 15. The second kappa shape index (κ2) is 39.4. The molecule has 0 bridgehead atoms. The summed E-state index contributed by atoms with van der Waals surface area (Å²) in [6, 6.07) is -1.27. The van der Waals surface area contributed by atoms with E-state index >= 15 is 0 Å². The lowest BCUT2D eigenvalue weighted by Gasteiger charge is -2.43. The van der Waals surface area contributed by atoms with Crippen molar-refractivity contribution in [1.82, 2.24) is 5.32 Å². The van der Waals surface area contributed by atoms with E-state index in [4.69, 9.17) is 18.9 Å². The molecule has 2 aliphatic rings. The maximum Gasteiger partial charge on any atom is 0.249 e. The number of hydrogen-bond donors (Lipinski definition) is 11. The summed E-state index contributed by atoms with van der Waals surface area (Å²) in [5.74, 6) is -0.0187. The zero-order chi connectivity index (χ0) is 50.8. The van der Waals surface area contributed by atoms with Crippen molar-refractivity contribution >= 4 is 5.91 Å². The Morgan fingerprint density at radius 2 is 0.870 bits per heavy atom. The molecule has 0 radical (unpaired) electrons. The summed E-state index contributed by atoms with van der Waals surface area (Å²) < 4.78 is 22.4. The van der Waals surface area contributed by atoms with E-state index in [0.717, 1.165) is 50.9 Å². The van der Waals surface area contributed by atoms with Crippen LogP contribution in [0.25, 0.3) is 0 Å². The average Bonchev–Trinajstić information content (AvgIpc) is 3.33. The lowest BCUT2D eigenvalue weighted by atomic mass is 9.98. The van der Waals surface area contributed by atoms with Crippen LogP contribution in [0.15, 0.2) is 0 Å². The number of carbonyl (C=O) groups excluding carboxylic acids is 1. The predicted octanol–water partition coefficient (Wildman–Crippen LogP) is 5.96. The number of amides is 1. The third kappa shape index (κ3) is 27.1. The van der Waals surface area contributed by atoms with Crippen LogP contribution in [0.2, 0.25) is 0 Å². The van der Waals surface area contributed by atoms with Gasteiger partial charge in [0, 0.05) is 0 Å². The molecule has 0 saturated carbocycles. The van der Waals surface area contributed by atoms with Crippen LogP contribution in [0, 0.1) is 5.92 Å². The van der Waals surface area contributed by atoms with Gasteiger partial charge in [0.1, 0.15) is 61.0 Å². The van der Waals surface area contributed by atoms with Crippen molar-refractivity contribution in [1.29, 1.82) is 0 Å². The van der Waals surface area contributed by atoms with Crippen molar-refractivity contribution < 1.29 is 74.8 Å². The molecule has 11 N–H and O–H groups in total. The second-order valence-electron chi connectivity index (χ2n) is 20.9. The van der Waals surface area contributed by atoms with Crippen LogP contribution < -0.4 is 5.32 Å². The van der Waals surface area contributed by atoms with E-state index in [9.17, 15) is 55.9 Å². The molecule has 2 saturated heterocycles. The SMILES string of the molecule is CCCCCCCCCCCCCCCCCCCCC[C@@H](O)C(=O)N[C@@H](CO[C@@H]1O[C@H](CO[C@H]2O[C@H](CO)[C@H](O)[C@H](O)[C@H]2O)[C@@H](O)[C@H](O)[C@H]1O)[C@H](O)[C@H](O)CCCCCCCCCCCC(C)C. The highest BCUT2D eigenvalue weighted by Crippen LogP contribution is 2.27. The van der Waals surface area contributed by atoms with Gasteiger partial charge in [-0.05, 0) is 18.8 Å². The maximum absolute atomic E-state index is 13.3. The highest BCUT2D eigenvalue weighted by atomic mass is 16.7. The van der Waals surface area contributed by atoms with Gasteiger partial charge < -0.3 is 75.3 Å². The summed E-state index contributed by atoms with van der Waals surface area (Å²) in [5, 5.41) is 108. The molecule has 0 aromatic carbocycles. The van der Waals surface area contributed by atoms with Gasteiger partial charge in [0.25, 0.3) is 0 Å². The van der Waals surface area contributed by atoms with E-state index in [1.165, 1.54) is 128 Å². The molecule has 2 fully saturated rings. The summed E-state index contributed by atoms with van der Waals surface area (Å²) in [7, 11) is 0. The van der Waals surface area contributed by atoms with Gasteiger partial charge in [0.15, 0.2) is 12.6 Å². The van der Waals surface area contributed by atoms with Crippen molar-refractivity contribution in [3.8, 4) is 0 Å². The molecule has 2 heterocycles. The zero-order valence-corrected chi connectivity index (χ0v) is 43.2. The minimum absolute atomic E-state index is 0.208. The third-order valence-electron chi connectivity index (χ3n) is 14.2. The Morgan fingerprint density at radius 1 is 0.493 bits per heavy atom. The quantitative estimate of drug-likeness (QED) is 0.0315. The minimum atomic E-state index is -1.82. The molecule has 0 aromatic rings. The monoisotopic (exact) mass is 994 g/mol. The third-order valence-corrected chi connectivity index (χ3v) is 14.2. The first-order chi connectivity index (χ1) is 33.2. The molecule has 69 heavy (non-hydrogen) atoms. The number of carbonyl (C=O) groups is 1. The summed E-state index contributed by atoms with van der Waals surface area (Å²) in [6.07, 6.45) is 14.5. The number of aliphatic hydroxyl groups is 10. The van der Waals surface area contributed by atoms with Gasteiger partial charge in [-0.15, -0.1) is 0 Å². The van der Waals surface area contributed by atoms with E-state index < -0.39 is 111 Å². The van der Waals surface area contributed by atoms with Crippen LogP contribution in [0.4, 0.5) is 0 Å². The maximum atomic E-state index is 13.3. The molecule has 16 nitrogen and oxygen atoms in total. The van der Waals surface area contributed by atoms with Gasteiger partial charge in [0.05, 0.1) is 32.0 Å². The smallest absolute Gasteiger partial charge is 0.249 e. The number of aliphatic hydroxyl groups excluding tert-OH is 10. The van der Waals surface area contributed by atoms with E-state index in [-0.39, 0.29) is 12.8 Å². The first-order valence-corrected chi connectivity index (χ1v) is 27.8.